The minimum atomic E-state index is -0.172. The molecule has 2 nitrogen and oxygen atoms in total. The van der Waals surface area contributed by atoms with Gasteiger partial charge in [-0.25, -0.2) is 0 Å². The predicted molar refractivity (Wildman–Crippen MR) is 67.2 cm³/mol. The Labute approximate surface area is 98.6 Å². The molecule has 0 radical (unpaired) electrons. The molecule has 1 N–H and O–H groups in total. The lowest BCUT2D eigenvalue weighted by Crippen LogP contribution is -2.40. The summed E-state index contributed by atoms with van der Waals surface area (Å²) in [5, 5.41) is 2.93. The van der Waals surface area contributed by atoms with Crippen LogP contribution < -0.4 is 5.32 Å². The van der Waals surface area contributed by atoms with Gasteiger partial charge in [-0.15, -0.1) is 0 Å². The highest BCUT2D eigenvalue weighted by molar-refractivity contribution is 7.81. The van der Waals surface area contributed by atoms with Crippen molar-refractivity contribution in [3.8, 4) is 0 Å². The monoisotopic (exact) mass is 229 g/mol. The summed E-state index contributed by atoms with van der Waals surface area (Å²) in [4.78, 5) is 11.8. The molecule has 1 amide bonds. The third-order valence-electron chi connectivity index (χ3n) is 3.22. The number of amides is 1. The molecule has 1 rings (SSSR count). The zero-order valence-corrected chi connectivity index (χ0v) is 11.1. The largest absolute Gasteiger partial charge is 0.352 e. The fraction of sp³-hybridized carbons (Fsp3) is 0.917. The second kappa shape index (κ2) is 4.77. The van der Waals surface area contributed by atoms with E-state index in [0.717, 1.165) is 12.8 Å². The van der Waals surface area contributed by atoms with Crippen molar-refractivity contribution >= 4 is 18.5 Å². The van der Waals surface area contributed by atoms with E-state index in [1.54, 1.807) is 0 Å². The van der Waals surface area contributed by atoms with Crippen LogP contribution in [0.5, 0.6) is 0 Å². The molecular formula is C12H23NOS. The summed E-state index contributed by atoms with van der Waals surface area (Å²) in [6, 6.07) is 0.362. The average molecular weight is 229 g/mol. The number of hydrogen-bond donors (Lipinski definition) is 2. The Morgan fingerprint density at radius 3 is 2.47 bits per heavy atom. The van der Waals surface area contributed by atoms with E-state index < -0.39 is 0 Å². The summed E-state index contributed by atoms with van der Waals surface area (Å²) in [5.41, 5.74) is 0.391. The fourth-order valence-corrected chi connectivity index (χ4v) is 2.22. The Morgan fingerprint density at radius 1 is 1.47 bits per heavy atom. The molecule has 1 aliphatic rings. The van der Waals surface area contributed by atoms with E-state index in [2.05, 4.69) is 31.8 Å². The van der Waals surface area contributed by atoms with Crippen LogP contribution in [0.15, 0.2) is 0 Å². The van der Waals surface area contributed by atoms with Crippen LogP contribution in [-0.4, -0.2) is 17.2 Å². The van der Waals surface area contributed by atoms with Crippen molar-refractivity contribution in [1.29, 1.82) is 0 Å². The number of carbonyl (C=O) groups excluding carboxylic acids is 1. The van der Waals surface area contributed by atoms with Crippen molar-refractivity contribution in [2.75, 3.05) is 0 Å². The molecule has 0 saturated heterocycles. The summed E-state index contributed by atoms with van der Waals surface area (Å²) >= 11 is 4.32. The van der Waals surface area contributed by atoms with Gasteiger partial charge in [-0.2, -0.15) is 12.6 Å². The zero-order valence-electron chi connectivity index (χ0n) is 10.2. The van der Waals surface area contributed by atoms with E-state index in [1.807, 2.05) is 13.8 Å². The molecular weight excluding hydrogens is 206 g/mol. The molecule has 0 aromatic rings. The van der Waals surface area contributed by atoms with Crippen molar-refractivity contribution in [3.05, 3.63) is 0 Å². The molecule has 0 heterocycles. The highest BCUT2D eigenvalue weighted by Crippen LogP contribution is 2.36. The lowest BCUT2D eigenvalue weighted by Gasteiger charge is -2.20. The number of carbonyl (C=O) groups is 1. The topological polar surface area (TPSA) is 29.1 Å². The molecule has 0 aromatic carbocycles. The van der Waals surface area contributed by atoms with Gasteiger partial charge in [0.1, 0.15) is 0 Å². The van der Waals surface area contributed by atoms with Gasteiger partial charge >= 0.3 is 0 Å². The van der Waals surface area contributed by atoms with Crippen LogP contribution in [-0.2, 0) is 4.79 Å². The van der Waals surface area contributed by atoms with Gasteiger partial charge in [0.2, 0.25) is 5.91 Å². The molecule has 0 spiro atoms. The van der Waals surface area contributed by atoms with E-state index in [1.165, 1.54) is 6.42 Å². The maximum absolute atomic E-state index is 11.8. The molecule has 1 saturated carbocycles. The minimum absolute atomic E-state index is 0.0935. The fourth-order valence-electron chi connectivity index (χ4n) is 2.15. The quantitative estimate of drug-likeness (QED) is 0.716. The molecule has 88 valence electrons. The van der Waals surface area contributed by atoms with Crippen LogP contribution in [0.1, 0.15) is 47.0 Å². The highest BCUT2D eigenvalue weighted by Gasteiger charge is 2.32. The van der Waals surface area contributed by atoms with Gasteiger partial charge in [0.05, 0.1) is 5.25 Å². The third kappa shape index (κ3) is 3.71. The van der Waals surface area contributed by atoms with Crippen LogP contribution in [0.4, 0.5) is 0 Å². The SMILES string of the molecule is CC(C)C(S)C(=O)NC1CCC(C)(C)C1. The van der Waals surface area contributed by atoms with Crippen molar-refractivity contribution < 1.29 is 4.79 Å². The van der Waals surface area contributed by atoms with Crippen molar-refractivity contribution in [2.24, 2.45) is 11.3 Å². The van der Waals surface area contributed by atoms with Crippen molar-refractivity contribution in [2.45, 2.75) is 58.2 Å². The summed E-state index contributed by atoms with van der Waals surface area (Å²) in [7, 11) is 0. The van der Waals surface area contributed by atoms with Gasteiger partial charge in [0, 0.05) is 6.04 Å². The number of hydrogen-bond acceptors (Lipinski definition) is 2. The smallest absolute Gasteiger partial charge is 0.233 e. The highest BCUT2D eigenvalue weighted by atomic mass is 32.1. The lowest BCUT2D eigenvalue weighted by molar-refractivity contribution is -0.121. The molecule has 0 aromatic heterocycles. The van der Waals surface area contributed by atoms with Gasteiger partial charge in [0.15, 0.2) is 0 Å². The normalized spacial score (nSPS) is 26.7. The van der Waals surface area contributed by atoms with E-state index in [0.29, 0.717) is 17.4 Å². The second-order valence-corrected chi connectivity index (χ2v) is 6.36. The molecule has 2 atom stereocenters. The molecule has 1 aliphatic carbocycles. The van der Waals surface area contributed by atoms with Crippen LogP contribution in [0.3, 0.4) is 0 Å². The average Bonchev–Trinajstić information content (AvgIpc) is 2.43. The summed E-state index contributed by atoms with van der Waals surface area (Å²) in [5.74, 6) is 0.388. The maximum Gasteiger partial charge on any atom is 0.233 e. The Hall–Kier alpha value is -0.180. The van der Waals surface area contributed by atoms with Crippen LogP contribution in [0.25, 0.3) is 0 Å². The lowest BCUT2D eigenvalue weighted by atomic mass is 9.92. The Kier molecular flexibility index (Phi) is 4.10. The van der Waals surface area contributed by atoms with Crippen molar-refractivity contribution in [1.82, 2.24) is 5.32 Å². The van der Waals surface area contributed by atoms with Gasteiger partial charge in [0.25, 0.3) is 0 Å². The number of rotatable bonds is 3. The van der Waals surface area contributed by atoms with Crippen LogP contribution in [0.2, 0.25) is 0 Å². The maximum atomic E-state index is 11.8. The molecule has 3 heteroatoms. The third-order valence-corrected chi connectivity index (χ3v) is 4.05. The molecule has 1 fully saturated rings. The van der Waals surface area contributed by atoms with Crippen LogP contribution >= 0.6 is 12.6 Å². The first kappa shape index (κ1) is 12.9. The molecule has 0 aliphatic heterocycles. The predicted octanol–water partition coefficient (Wildman–Crippen LogP) is 2.64. The van der Waals surface area contributed by atoms with E-state index in [-0.39, 0.29) is 11.2 Å². The van der Waals surface area contributed by atoms with E-state index in [9.17, 15) is 4.79 Å². The number of nitrogens with one attached hydrogen (secondary N) is 1. The van der Waals surface area contributed by atoms with Gasteiger partial charge < -0.3 is 5.32 Å². The molecule has 15 heavy (non-hydrogen) atoms. The van der Waals surface area contributed by atoms with Crippen LogP contribution in [0, 0.1) is 11.3 Å². The summed E-state index contributed by atoms with van der Waals surface area (Å²) < 4.78 is 0. The standard InChI is InChI=1S/C12H23NOS/c1-8(2)10(15)11(14)13-9-5-6-12(3,4)7-9/h8-10,15H,5-7H2,1-4H3,(H,13,14). The zero-order chi connectivity index (χ0) is 11.6. The van der Waals surface area contributed by atoms with E-state index in [4.69, 9.17) is 0 Å². The summed E-state index contributed by atoms with van der Waals surface area (Å²) in [6.07, 6.45) is 3.41. The van der Waals surface area contributed by atoms with E-state index >= 15 is 0 Å². The Morgan fingerprint density at radius 2 is 2.07 bits per heavy atom. The minimum Gasteiger partial charge on any atom is -0.352 e. The molecule has 0 bridgehead atoms. The molecule has 2 unspecified atom stereocenters. The Bertz CT molecular complexity index is 238. The second-order valence-electron chi connectivity index (χ2n) is 5.80. The first-order valence-electron chi connectivity index (χ1n) is 5.80. The van der Waals surface area contributed by atoms with Gasteiger partial charge in [-0.3, -0.25) is 4.79 Å². The summed E-state index contributed by atoms with van der Waals surface area (Å²) in [6.45, 7) is 8.57. The van der Waals surface area contributed by atoms with Gasteiger partial charge in [-0.1, -0.05) is 27.7 Å². The van der Waals surface area contributed by atoms with Gasteiger partial charge in [-0.05, 0) is 30.6 Å². The first-order chi connectivity index (χ1) is 6.82. The van der Waals surface area contributed by atoms with Crippen molar-refractivity contribution in [3.63, 3.8) is 0 Å². The Balaban J connectivity index is 2.40. The first-order valence-corrected chi connectivity index (χ1v) is 6.32. The number of thiol groups is 1.